The lowest BCUT2D eigenvalue weighted by Gasteiger charge is -2.08. The molecule has 0 saturated heterocycles. The van der Waals surface area contributed by atoms with E-state index in [0.29, 0.717) is 16.9 Å². The standard InChI is InChI=1S/C15H14ClN5/c1-8-6-9(2)18-14(17-8)21-15-19-10(3)12-7-11(16)4-5-13(12)20-15/h4-7H,1-3H3,(H,17,18,19,20,21). The summed E-state index contributed by atoms with van der Waals surface area (Å²) in [5.41, 5.74) is 3.48. The zero-order chi connectivity index (χ0) is 15.0. The van der Waals surface area contributed by atoms with E-state index in [0.717, 1.165) is 28.0 Å². The number of rotatable bonds is 2. The van der Waals surface area contributed by atoms with E-state index in [1.165, 1.54) is 0 Å². The van der Waals surface area contributed by atoms with Crippen molar-refractivity contribution in [2.24, 2.45) is 0 Å². The van der Waals surface area contributed by atoms with E-state index >= 15 is 0 Å². The lowest BCUT2D eigenvalue weighted by Crippen LogP contribution is -2.04. The Labute approximate surface area is 127 Å². The van der Waals surface area contributed by atoms with Gasteiger partial charge in [-0.25, -0.2) is 19.9 Å². The number of hydrogen-bond acceptors (Lipinski definition) is 5. The average molecular weight is 300 g/mol. The largest absolute Gasteiger partial charge is 0.293 e. The summed E-state index contributed by atoms with van der Waals surface area (Å²) >= 11 is 6.00. The molecule has 0 aliphatic rings. The first-order valence-corrected chi connectivity index (χ1v) is 6.92. The molecule has 6 heteroatoms. The van der Waals surface area contributed by atoms with Crippen molar-refractivity contribution in [3.63, 3.8) is 0 Å². The summed E-state index contributed by atoms with van der Waals surface area (Å²) < 4.78 is 0. The second kappa shape index (κ2) is 5.26. The Balaban J connectivity index is 2.03. The van der Waals surface area contributed by atoms with Gasteiger partial charge in [-0.05, 0) is 45.0 Å². The molecule has 3 rings (SSSR count). The van der Waals surface area contributed by atoms with Gasteiger partial charge < -0.3 is 0 Å². The summed E-state index contributed by atoms with van der Waals surface area (Å²) in [6.45, 7) is 5.77. The second-order valence-corrected chi connectivity index (χ2v) is 5.33. The van der Waals surface area contributed by atoms with Crippen molar-refractivity contribution in [2.45, 2.75) is 20.8 Å². The van der Waals surface area contributed by atoms with Gasteiger partial charge in [0.05, 0.1) is 11.2 Å². The minimum Gasteiger partial charge on any atom is -0.293 e. The first-order valence-electron chi connectivity index (χ1n) is 6.54. The van der Waals surface area contributed by atoms with Crippen LogP contribution in [0.15, 0.2) is 24.3 Å². The Kier molecular flexibility index (Phi) is 3.43. The van der Waals surface area contributed by atoms with E-state index in [2.05, 4.69) is 25.3 Å². The molecule has 0 aliphatic heterocycles. The van der Waals surface area contributed by atoms with Gasteiger partial charge in [0.15, 0.2) is 0 Å². The molecule has 0 spiro atoms. The van der Waals surface area contributed by atoms with Crippen molar-refractivity contribution in [2.75, 3.05) is 5.32 Å². The lowest BCUT2D eigenvalue weighted by molar-refractivity contribution is 1.04. The molecule has 21 heavy (non-hydrogen) atoms. The van der Waals surface area contributed by atoms with Crippen molar-refractivity contribution >= 4 is 34.4 Å². The number of aryl methyl sites for hydroxylation is 3. The van der Waals surface area contributed by atoms with Crippen LogP contribution >= 0.6 is 11.6 Å². The molecule has 0 radical (unpaired) electrons. The van der Waals surface area contributed by atoms with Crippen LogP contribution in [0.4, 0.5) is 11.9 Å². The van der Waals surface area contributed by atoms with Crippen LogP contribution in [0.3, 0.4) is 0 Å². The fraction of sp³-hybridized carbons (Fsp3) is 0.200. The first kappa shape index (κ1) is 13.7. The maximum Gasteiger partial charge on any atom is 0.230 e. The SMILES string of the molecule is Cc1cc(C)nc(Nc2nc(C)c3cc(Cl)ccc3n2)n1. The molecule has 0 atom stereocenters. The molecular formula is C15H14ClN5. The van der Waals surface area contributed by atoms with E-state index in [-0.39, 0.29) is 0 Å². The topological polar surface area (TPSA) is 63.6 Å². The van der Waals surface area contributed by atoms with E-state index in [9.17, 15) is 0 Å². The van der Waals surface area contributed by atoms with E-state index < -0.39 is 0 Å². The molecule has 2 aromatic heterocycles. The molecule has 5 nitrogen and oxygen atoms in total. The summed E-state index contributed by atoms with van der Waals surface area (Å²) in [6.07, 6.45) is 0. The van der Waals surface area contributed by atoms with Gasteiger partial charge in [0.2, 0.25) is 11.9 Å². The Morgan fingerprint density at radius 1 is 0.857 bits per heavy atom. The van der Waals surface area contributed by atoms with E-state index in [1.807, 2.05) is 45.0 Å². The molecule has 0 bridgehead atoms. The van der Waals surface area contributed by atoms with Gasteiger partial charge >= 0.3 is 0 Å². The molecule has 0 fully saturated rings. The highest BCUT2D eigenvalue weighted by atomic mass is 35.5. The third kappa shape index (κ3) is 2.92. The highest BCUT2D eigenvalue weighted by molar-refractivity contribution is 6.31. The summed E-state index contributed by atoms with van der Waals surface area (Å²) in [5.74, 6) is 0.979. The van der Waals surface area contributed by atoms with Crippen molar-refractivity contribution in [3.05, 3.63) is 46.4 Å². The molecule has 0 aliphatic carbocycles. The quantitative estimate of drug-likeness (QED) is 0.781. The molecule has 0 amide bonds. The van der Waals surface area contributed by atoms with Gasteiger partial charge in [-0.1, -0.05) is 11.6 Å². The molecule has 1 N–H and O–H groups in total. The molecule has 0 saturated carbocycles. The van der Waals surface area contributed by atoms with Gasteiger partial charge in [-0.15, -0.1) is 0 Å². The van der Waals surface area contributed by atoms with E-state index in [4.69, 9.17) is 11.6 Å². The average Bonchev–Trinajstić information content (AvgIpc) is 2.38. The summed E-state index contributed by atoms with van der Waals surface area (Å²) in [7, 11) is 0. The highest BCUT2D eigenvalue weighted by Crippen LogP contribution is 2.22. The minimum atomic E-state index is 0.479. The van der Waals surface area contributed by atoms with Gasteiger partial charge in [-0.3, -0.25) is 5.32 Å². The zero-order valence-corrected chi connectivity index (χ0v) is 12.7. The van der Waals surface area contributed by atoms with Crippen LogP contribution < -0.4 is 5.32 Å². The molecule has 0 unspecified atom stereocenters. The van der Waals surface area contributed by atoms with Crippen molar-refractivity contribution in [3.8, 4) is 0 Å². The minimum absolute atomic E-state index is 0.479. The van der Waals surface area contributed by atoms with Crippen LogP contribution in [0.1, 0.15) is 17.1 Å². The maximum atomic E-state index is 6.00. The predicted molar refractivity (Wildman–Crippen MR) is 84.1 cm³/mol. The number of nitrogens with one attached hydrogen (secondary N) is 1. The first-order chi connectivity index (χ1) is 10.0. The van der Waals surface area contributed by atoms with Gasteiger partial charge in [0.1, 0.15) is 0 Å². The Bertz CT molecular complexity index is 811. The Morgan fingerprint density at radius 2 is 1.52 bits per heavy atom. The van der Waals surface area contributed by atoms with Gasteiger partial charge in [0.25, 0.3) is 0 Å². The Hall–Kier alpha value is -2.27. The van der Waals surface area contributed by atoms with Crippen LogP contribution in [0.5, 0.6) is 0 Å². The third-order valence-corrected chi connectivity index (χ3v) is 3.29. The van der Waals surface area contributed by atoms with Gasteiger partial charge in [-0.2, -0.15) is 0 Å². The fourth-order valence-electron chi connectivity index (χ4n) is 2.19. The number of aromatic nitrogens is 4. The third-order valence-electron chi connectivity index (χ3n) is 3.05. The van der Waals surface area contributed by atoms with Crippen LogP contribution in [0.2, 0.25) is 5.02 Å². The number of benzene rings is 1. The highest BCUT2D eigenvalue weighted by Gasteiger charge is 2.07. The fourth-order valence-corrected chi connectivity index (χ4v) is 2.36. The summed E-state index contributed by atoms with van der Waals surface area (Å²) in [4.78, 5) is 17.6. The van der Waals surface area contributed by atoms with Gasteiger partial charge in [0, 0.05) is 21.8 Å². The van der Waals surface area contributed by atoms with Crippen molar-refractivity contribution in [1.29, 1.82) is 0 Å². The lowest BCUT2D eigenvalue weighted by atomic mass is 10.2. The summed E-state index contributed by atoms with van der Waals surface area (Å²) in [5, 5.41) is 4.67. The number of hydrogen-bond donors (Lipinski definition) is 1. The van der Waals surface area contributed by atoms with Crippen LogP contribution in [-0.2, 0) is 0 Å². The molecular weight excluding hydrogens is 286 g/mol. The monoisotopic (exact) mass is 299 g/mol. The second-order valence-electron chi connectivity index (χ2n) is 4.89. The Morgan fingerprint density at radius 3 is 2.24 bits per heavy atom. The van der Waals surface area contributed by atoms with Crippen LogP contribution in [-0.4, -0.2) is 19.9 Å². The smallest absolute Gasteiger partial charge is 0.230 e. The maximum absolute atomic E-state index is 6.00. The number of fused-ring (bicyclic) bond motifs is 1. The van der Waals surface area contributed by atoms with Crippen LogP contribution in [0.25, 0.3) is 10.9 Å². The normalized spacial score (nSPS) is 10.9. The van der Waals surface area contributed by atoms with E-state index in [1.54, 1.807) is 0 Å². The number of nitrogens with zero attached hydrogens (tertiary/aromatic N) is 4. The molecule has 2 heterocycles. The van der Waals surface area contributed by atoms with Crippen LogP contribution in [0, 0.1) is 20.8 Å². The van der Waals surface area contributed by atoms with Crippen molar-refractivity contribution < 1.29 is 0 Å². The molecule has 106 valence electrons. The number of halogens is 1. The molecule has 3 aromatic rings. The zero-order valence-electron chi connectivity index (χ0n) is 12.0. The predicted octanol–water partition coefficient (Wildman–Crippen LogP) is 3.74. The summed E-state index contributed by atoms with van der Waals surface area (Å²) in [6, 6.07) is 7.47. The molecule has 1 aromatic carbocycles. The van der Waals surface area contributed by atoms with Crippen molar-refractivity contribution in [1.82, 2.24) is 19.9 Å². The number of anilines is 2.